The molecule has 1 aromatic heterocycles. The van der Waals surface area contributed by atoms with Crippen molar-refractivity contribution in [3.8, 4) is 17.4 Å². The molecule has 0 fully saturated rings. The largest absolute Gasteiger partial charge is 0.544 e. The molecule has 0 aliphatic heterocycles. The first-order valence-electron chi connectivity index (χ1n) is 5.84. The van der Waals surface area contributed by atoms with Crippen LogP contribution in [0.5, 0.6) is 0 Å². The molecule has 6 nitrogen and oxygen atoms in total. The highest BCUT2D eigenvalue weighted by Crippen LogP contribution is 2.23. The first kappa shape index (κ1) is 14.1. The van der Waals surface area contributed by atoms with Gasteiger partial charge in [-0.2, -0.15) is 5.26 Å². The molecule has 0 saturated heterocycles. The maximum atomic E-state index is 11.0. The summed E-state index contributed by atoms with van der Waals surface area (Å²) in [4.78, 5) is 21.6. The zero-order valence-electron chi connectivity index (χ0n) is 10.7. The van der Waals surface area contributed by atoms with Crippen molar-refractivity contribution < 1.29 is 19.1 Å². The maximum absolute atomic E-state index is 11.0. The maximum Gasteiger partial charge on any atom is 0.248 e. The Morgan fingerprint density at radius 2 is 1.86 bits per heavy atom. The number of nitrogens with two attached hydrogens (primary N) is 1. The molecule has 1 amide bonds. The molecular formula is C15H9N2O4-. The molecule has 2 aromatic rings. The number of aliphatic carboxylic acids is 1. The molecule has 21 heavy (non-hydrogen) atoms. The van der Waals surface area contributed by atoms with E-state index in [0.717, 1.165) is 6.08 Å². The van der Waals surface area contributed by atoms with Gasteiger partial charge in [0, 0.05) is 17.2 Å². The molecular weight excluding hydrogens is 272 g/mol. The normalized spacial score (nSPS) is 10.9. The lowest BCUT2D eigenvalue weighted by molar-refractivity contribution is -0.298. The highest BCUT2D eigenvalue weighted by Gasteiger charge is 2.06. The molecule has 6 heteroatoms. The van der Waals surface area contributed by atoms with E-state index in [1.807, 2.05) is 0 Å². The number of amides is 1. The average molecular weight is 281 g/mol. The van der Waals surface area contributed by atoms with Crippen molar-refractivity contribution in [2.24, 2.45) is 5.73 Å². The van der Waals surface area contributed by atoms with Gasteiger partial charge in [0.15, 0.2) is 0 Å². The summed E-state index contributed by atoms with van der Waals surface area (Å²) < 4.78 is 5.42. The minimum Gasteiger partial charge on any atom is -0.544 e. The molecule has 2 N–H and O–H groups in total. The summed E-state index contributed by atoms with van der Waals surface area (Å²) >= 11 is 0. The Hall–Kier alpha value is -3.33. The summed E-state index contributed by atoms with van der Waals surface area (Å²) in [5.74, 6) is -1.42. The van der Waals surface area contributed by atoms with Crippen LogP contribution in [0.3, 0.4) is 0 Å². The molecule has 0 saturated carbocycles. The van der Waals surface area contributed by atoms with E-state index in [0.29, 0.717) is 16.9 Å². The Kier molecular flexibility index (Phi) is 3.86. The number of primary amides is 1. The van der Waals surface area contributed by atoms with E-state index in [1.165, 1.54) is 12.1 Å². The number of carbonyl (C=O) groups is 2. The van der Waals surface area contributed by atoms with Crippen LogP contribution in [0.4, 0.5) is 0 Å². The van der Waals surface area contributed by atoms with Crippen LogP contribution in [0.1, 0.15) is 16.1 Å². The topological polar surface area (TPSA) is 120 Å². The van der Waals surface area contributed by atoms with Crippen LogP contribution in [-0.2, 0) is 4.79 Å². The van der Waals surface area contributed by atoms with Gasteiger partial charge >= 0.3 is 0 Å². The van der Waals surface area contributed by atoms with Crippen LogP contribution in [0.15, 0.2) is 46.4 Å². The fourth-order valence-electron chi connectivity index (χ4n) is 1.66. The first-order valence-corrected chi connectivity index (χ1v) is 5.84. The number of carboxylic acid groups (broad SMARTS) is 1. The van der Waals surface area contributed by atoms with E-state index in [4.69, 9.17) is 15.4 Å². The van der Waals surface area contributed by atoms with Gasteiger partial charge in [-0.3, -0.25) is 4.79 Å². The van der Waals surface area contributed by atoms with Gasteiger partial charge in [-0.1, -0.05) is 12.1 Å². The van der Waals surface area contributed by atoms with Crippen molar-refractivity contribution in [2.75, 3.05) is 0 Å². The molecule has 0 bridgehead atoms. The van der Waals surface area contributed by atoms with Crippen LogP contribution in [0.25, 0.3) is 17.4 Å². The number of nitriles is 1. The van der Waals surface area contributed by atoms with Crippen molar-refractivity contribution in [3.63, 3.8) is 0 Å². The highest BCUT2D eigenvalue weighted by atomic mass is 16.4. The van der Waals surface area contributed by atoms with Crippen molar-refractivity contribution in [1.29, 1.82) is 5.26 Å². The SMILES string of the molecule is N#C/C(=C\c1ccc(-c2ccc(C(N)=O)cc2)o1)C(=O)[O-]. The Morgan fingerprint density at radius 3 is 2.38 bits per heavy atom. The van der Waals surface area contributed by atoms with Crippen LogP contribution < -0.4 is 10.8 Å². The van der Waals surface area contributed by atoms with E-state index in [9.17, 15) is 14.7 Å². The summed E-state index contributed by atoms with van der Waals surface area (Å²) in [7, 11) is 0. The molecule has 2 rings (SSSR count). The quantitative estimate of drug-likeness (QED) is 0.653. The van der Waals surface area contributed by atoms with Gasteiger partial charge in [-0.15, -0.1) is 0 Å². The van der Waals surface area contributed by atoms with Crippen molar-refractivity contribution >= 4 is 18.0 Å². The lowest BCUT2D eigenvalue weighted by atomic mass is 10.1. The smallest absolute Gasteiger partial charge is 0.248 e. The molecule has 0 unspecified atom stereocenters. The molecule has 0 atom stereocenters. The minimum atomic E-state index is -1.57. The monoisotopic (exact) mass is 281 g/mol. The van der Waals surface area contributed by atoms with Gasteiger partial charge in [0.1, 0.15) is 17.6 Å². The van der Waals surface area contributed by atoms with Gasteiger partial charge in [0.25, 0.3) is 0 Å². The lowest BCUT2D eigenvalue weighted by Crippen LogP contribution is -2.23. The average Bonchev–Trinajstić information content (AvgIpc) is 2.93. The van der Waals surface area contributed by atoms with Crippen LogP contribution >= 0.6 is 0 Å². The summed E-state index contributed by atoms with van der Waals surface area (Å²) in [6, 6.07) is 11.1. The van der Waals surface area contributed by atoms with Crippen LogP contribution in [0, 0.1) is 11.3 Å². The molecule has 1 heterocycles. The van der Waals surface area contributed by atoms with Crippen molar-refractivity contribution in [3.05, 3.63) is 53.3 Å². The van der Waals surface area contributed by atoms with Gasteiger partial charge in [-0.05, 0) is 24.3 Å². The molecule has 0 radical (unpaired) electrons. The second-order valence-electron chi connectivity index (χ2n) is 4.10. The van der Waals surface area contributed by atoms with E-state index >= 15 is 0 Å². The Labute approximate surface area is 119 Å². The number of nitrogens with zero attached hydrogens (tertiary/aromatic N) is 1. The van der Waals surface area contributed by atoms with Gasteiger partial charge < -0.3 is 20.1 Å². The van der Waals surface area contributed by atoms with E-state index in [-0.39, 0.29) is 5.76 Å². The van der Waals surface area contributed by atoms with Crippen LogP contribution in [-0.4, -0.2) is 11.9 Å². The number of carboxylic acids is 1. The second-order valence-corrected chi connectivity index (χ2v) is 4.10. The number of hydrogen-bond acceptors (Lipinski definition) is 5. The fraction of sp³-hybridized carbons (Fsp3) is 0. The summed E-state index contributed by atoms with van der Waals surface area (Å²) in [6.45, 7) is 0. The summed E-state index contributed by atoms with van der Waals surface area (Å²) in [5, 5.41) is 19.3. The molecule has 104 valence electrons. The van der Waals surface area contributed by atoms with Gasteiger partial charge in [-0.25, -0.2) is 0 Å². The highest BCUT2D eigenvalue weighted by molar-refractivity contribution is 5.95. The number of furan rings is 1. The zero-order valence-corrected chi connectivity index (χ0v) is 10.7. The van der Waals surface area contributed by atoms with E-state index in [1.54, 1.807) is 30.3 Å². The number of hydrogen-bond donors (Lipinski definition) is 1. The predicted octanol–water partition coefficient (Wildman–Crippen LogP) is 0.702. The second kappa shape index (κ2) is 5.75. The standard InChI is InChI=1S/C15H10N2O4/c16-8-11(15(19)20)7-12-5-6-13(21-12)9-1-3-10(4-2-9)14(17)18/h1-7H,(H2,17,18)(H,19,20)/p-1/b11-7+. The number of benzene rings is 1. The summed E-state index contributed by atoms with van der Waals surface area (Å²) in [5.41, 5.74) is 5.67. The summed E-state index contributed by atoms with van der Waals surface area (Å²) in [6.07, 6.45) is 1.08. The Bertz CT molecular complexity index is 764. The lowest BCUT2D eigenvalue weighted by Gasteiger charge is -1.99. The third-order valence-electron chi connectivity index (χ3n) is 2.71. The van der Waals surface area contributed by atoms with E-state index in [2.05, 4.69) is 0 Å². The van der Waals surface area contributed by atoms with Gasteiger partial charge in [0.2, 0.25) is 5.91 Å². The van der Waals surface area contributed by atoms with Crippen molar-refractivity contribution in [1.82, 2.24) is 0 Å². The molecule has 1 aromatic carbocycles. The zero-order chi connectivity index (χ0) is 15.4. The minimum absolute atomic E-state index is 0.213. The Balaban J connectivity index is 2.30. The number of rotatable bonds is 4. The third kappa shape index (κ3) is 3.16. The predicted molar refractivity (Wildman–Crippen MR) is 71.3 cm³/mol. The fourth-order valence-corrected chi connectivity index (χ4v) is 1.66. The van der Waals surface area contributed by atoms with Crippen molar-refractivity contribution in [2.45, 2.75) is 0 Å². The third-order valence-corrected chi connectivity index (χ3v) is 2.71. The van der Waals surface area contributed by atoms with E-state index < -0.39 is 17.4 Å². The molecule has 0 spiro atoms. The Morgan fingerprint density at radius 1 is 1.19 bits per heavy atom. The van der Waals surface area contributed by atoms with Crippen LogP contribution in [0.2, 0.25) is 0 Å². The number of carbonyl (C=O) groups excluding carboxylic acids is 2. The molecule has 0 aliphatic rings. The van der Waals surface area contributed by atoms with Gasteiger partial charge in [0.05, 0.1) is 11.5 Å². The first-order chi connectivity index (χ1) is 10.0. The molecule has 0 aliphatic carbocycles.